The van der Waals surface area contributed by atoms with Crippen molar-refractivity contribution in [1.29, 1.82) is 0 Å². The van der Waals surface area contributed by atoms with Crippen molar-refractivity contribution in [2.75, 3.05) is 42.7 Å². The second-order valence-electron chi connectivity index (χ2n) is 6.90. The lowest BCUT2D eigenvalue weighted by atomic mass is 10.2. The number of benzene rings is 1. The van der Waals surface area contributed by atoms with Crippen molar-refractivity contribution in [3.8, 4) is 0 Å². The van der Waals surface area contributed by atoms with E-state index in [9.17, 15) is 0 Å². The fourth-order valence-corrected chi connectivity index (χ4v) is 3.25. The Hall–Kier alpha value is -2.91. The molecule has 1 atom stereocenters. The number of rotatable bonds is 8. The van der Waals surface area contributed by atoms with Crippen LogP contribution in [0.5, 0.6) is 0 Å². The standard InChI is InChI=1S/C19H26N8O/c20-7-1-8-22-19-25-17(23-10-13-2-4-14(21)5-3-13)16-18(26-19)27(12-24-16)15-6-9-28-11-15/h2-5,12,15H,1,6-11,20-21H2,(H2,22,23,25,26). The zero-order valence-corrected chi connectivity index (χ0v) is 15.8. The summed E-state index contributed by atoms with van der Waals surface area (Å²) in [5, 5.41) is 6.65. The van der Waals surface area contributed by atoms with Crippen LogP contribution in [-0.2, 0) is 11.3 Å². The smallest absolute Gasteiger partial charge is 0.226 e. The van der Waals surface area contributed by atoms with Crippen molar-refractivity contribution in [1.82, 2.24) is 19.5 Å². The van der Waals surface area contributed by atoms with E-state index in [1.54, 1.807) is 0 Å². The molecule has 0 saturated carbocycles. The zero-order valence-electron chi connectivity index (χ0n) is 15.8. The maximum absolute atomic E-state index is 5.77. The maximum Gasteiger partial charge on any atom is 0.226 e. The van der Waals surface area contributed by atoms with Gasteiger partial charge in [-0.15, -0.1) is 0 Å². The number of ether oxygens (including phenoxy) is 1. The molecule has 0 spiro atoms. The molecule has 2 aromatic heterocycles. The van der Waals surface area contributed by atoms with Gasteiger partial charge in [0.25, 0.3) is 0 Å². The predicted octanol–water partition coefficient (Wildman–Crippen LogP) is 1.74. The monoisotopic (exact) mass is 382 g/mol. The Bertz CT molecular complexity index is 918. The average Bonchev–Trinajstić information content (AvgIpc) is 3.37. The molecule has 0 radical (unpaired) electrons. The number of hydrogen-bond donors (Lipinski definition) is 4. The molecule has 1 aliphatic heterocycles. The molecule has 1 aromatic carbocycles. The van der Waals surface area contributed by atoms with E-state index < -0.39 is 0 Å². The quantitative estimate of drug-likeness (QED) is 0.342. The molecule has 0 amide bonds. The lowest BCUT2D eigenvalue weighted by Gasteiger charge is -2.13. The summed E-state index contributed by atoms with van der Waals surface area (Å²) in [5.41, 5.74) is 14.8. The Balaban J connectivity index is 1.63. The van der Waals surface area contributed by atoms with Gasteiger partial charge in [-0.25, -0.2) is 4.98 Å². The third-order valence-corrected chi connectivity index (χ3v) is 4.82. The van der Waals surface area contributed by atoms with Gasteiger partial charge in [0, 0.05) is 25.4 Å². The Labute approximate surface area is 163 Å². The van der Waals surface area contributed by atoms with Crippen molar-refractivity contribution in [2.24, 2.45) is 5.73 Å². The average molecular weight is 382 g/mol. The molecule has 3 heterocycles. The fraction of sp³-hybridized carbons (Fsp3) is 0.421. The summed E-state index contributed by atoms with van der Waals surface area (Å²) < 4.78 is 7.63. The van der Waals surface area contributed by atoms with E-state index in [-0.39, 0.29) is 6.04 Å². The molecule has 28 heavy (non-hydrogen) atoms. The first-order chi connectivity index (χ1) is 13.7. The molecule has 0 aliphatic carbocycles. The highest BCUT2D eigenvalue weighted by molar-refractivity contribution is 5.84. The fourth-order valence-electron chi connectivity index (χ4n) is 3.25. The zero-order chi connectivity index (χ0) is 19.3. The molecule has 1 aliphatic rings. The molecule has 0 bridgehead atoms. The van der Waals surface area contributed by atoms with Gasteiger partial charge in [0.15, 0.2) is 17.0 Å². The second-order valence-corrected chi connectivity index (χ2v) is 6.90. The van der Waals surface area contributed by atoms with Crippen LogP contribution in [0.3, 0.4) is 0 Å². The van der Waals surface area contributed by atoms with Crippen LogP contribution in [0.1, 0.15) is 24.4 Å². The van der Waals surface area contributed by atoms with Crippen LogP contribution >= 0.6 is 0 Å². The van der Waals surface area contributed by atoms with E-state index >= 15 is 0 Å². The summed E-state index contributed by atoms with van der Waals surface area (Å²) in [5.74, 6) is 1.27. The van der Waals surface area contributed by atoms with Crippen LogP contribution in [-0.4, -0.2) is 45.8 Å². The van der Waals surface area contributed by atoms with Gasteiger partial charge in [0.05, 0.1) is 19.0 Å². The number of fused-ring (bicyclic) bond motifs is 1. The van der Waals surface area contributed by atoms with Gasteiger partial charge >= 0.3 is 0 Å². The number of nitrogens with zero attached hydrogens (tertiary/aromatic N) is 4. The van der Waals surface area contributed by atoms with Gasteiger partial charge in [-0.1, -0.05) is 12.1 Å². The van der Waals surface area contributed by atoms with Gasteiger partial charge in [-0.2, -0.15) is 9.97 Å². The van der Waals surface area contributed by atoms with Crippen LogP contribution in [0.4, 0.5) is 17.5 Å². The van der Waals surface area contributed by atoms with E-state index in [0.29, 0.717) is 31.5 Å². The van der Waals surface area contributed by atoms with Crippen LogP contribution in [0, 0.1) is 0 Å². The van der Waals surface area contributed by atoms with Crippen molar-refractivity contribution >= 4 is 28.6 Å². The van der Waals surface area contributed by atoms with Crippen LogP contribution in [0.15, 0.2) is 30.6 Å². The topological polar surface area (TPSA) is 129 Å². The first-order valence-corrected chi connectivity index (χ1v) is 9.59. The molecule has 4 rings (SSSR count). The third-order valence-electron chi connectivity index (χ3n) is 4.82. The van der Waals surface area contributed by atoms with Crippen LogP contribution in [0.25, 0.3) is 11.2 Å². The Morgan fingerprint density at radius 2 is 2.04 bits per heavy atom. The predicted molar refractivity (Wildman–Crippen MR) is 110 cm³/mol. The first kappa shape index (κ1) is 18.5. The highest BCUT2D eigenvalue weighted by Crippen LogP contribution is 2.27. The van der Waals surface area contributed by atoms with Gasteiger partial charge in [0.1, 0.15) is 0 Å². The minimum atomic E-state index is 0.252. The van der Waals surface area contributed by atoms with Crippen LogP contribution in [0.2, 0.25) is 0 Å². The molecular formula is C19H26N8O. The molecular weight excluding hydrogens is 356 g/mol. The van der Waals surface area contributed by atoms with E-state index in [4.69, 9.17) is 21.2 Å². The molecule has 9 heteroatoms. The Morgan fingerprint density at radius 1 is 1.18 bits per heavy atom. The second kappa shape index (κ2) is 8.41. The highest BCUT2D eigenvalue weighted by atomic mass is 16.5. The SMILES string of the molecule is NCCCNc1nc(NCc2ccc(N)cc2)c2ncn(C3CCOC3)c2n1. The normalized spacial score (nSPS) is 16.5. The molecule has 9 nitrogen and oxygen atoms in total. The summed E-state index contributed by atoms with van der Waals surface area (Å²) >= 11 is 0. The summed E-state index contributed by atoms with van der Waals surface area (Å²) in [6.45, 7) is 3.40. The maximum atomic E-state index is 5.77. The molecule has 148 valence electrons. The van der Waals surface area contributed by atoms with Gasteiger partial charge in [-0.3, -0.25) is 0 Å². The highest BCUT2D eigenvalue weighted by Gasteiger charge is 2.22. The third kappa shape index (κ3) is 4.00. The number of aromatic nitrogens is 4. The Kier molecular flexibility index (Phi) is 5.54. The summed E-state index contributed by atoms with van der Waals surface area (Å²) in [4.78, 5) is 13.9. The minimum absolute atomic E-state index is 0.252. The van der Waals surface area contributed by atoms with Gasteiger partial charge in [-0.05, 0) is 37.1 Å². The van der Waals surface area contributed by atoms with E-state index in [0.717, 1.165) is 48.4 Å². The first-order valence-electron chi connectivity index (χ1n) is 9.59. The summed E-state index contributed by atoms with van der Waals surface area (Å²) in [7, 11) is 0. The van der Waals surface area contributed by atoms with Gasteiger partial charge in [0.2, 0.25) is 5.95 Å². The summed E-state index contributed by atoms with van der Waals surface area (Å²) in [6, 6.07) is 8.02. The largest absolute Gasteiger partial charge is 0.399 e. The lowest BCUT2D eigenvalue weighted by Crippen LogP contribution is -2.13. The summed E-state index contributed by atoms with van der Waals surface area (Å²) in [6.07, 6.45) is 3.64. The number of hydrogen-bond acceptors (Lipinski definition) is 8. The number of imidazole rings is 1. The molecule has 3 aromatic rings. The van der Waals surface area contributed by atoms with Crippen molar-refractivity contribution < 1.29 is 4.74 Å². The van der Waals surface area contributed by atoms with E-state index in [2.05, 4.69) is 25.2 Å². The number of anilines is 3. The van der Waals surface area contributed by atoms with E-state index in [1.807, 2.05) is 30.6 Å². The lowest BCUT2D eigenvalue weighted by molar-refractivity contribution is 0.187. The van der Waals surface area contributed by atoms with Crippen molar-refractivity contribution in [3.05, 3.63) is 36.2 Å². The minimum Gasteiger partial charge on any atom is -0.399 e. The van der Waals surface area contributed by atoms with Crippen LogP contribution < -0.4 is 22.1 Å². The molecule has 6 N–H and O–H groups in total. The number of nitrogens with one attached hydrogen (secondary N) is 2. The number of nitrogen functional groups attached to an aromatic ring is 1. The van der Waals surface area contributed by atoms with Crippen molar-refractivity contribution in [3.63, 3.8) is 0 Å². The van der Waals surface area contributed by atoms with Crippen molar-refractivity contribution in [2.45, 2.75) is 25.4 Å². The Morgan fingerprint density at radius 3 is 2.79 bits per heavy atom. The number of nitrogens with two attached hydrogens (primary N) is 2. The van der Waals surface area contributed by atoms with E-state index in [1.165, 1.54) is 0 Å². The molecule has 1 fully saturated rings. The van der Waals surface area contributed by atoms with Gasteiger partial charge < -0.3 is 31.4 Å². The molecule has 1 saturated heterocycles. The molecule has 1 unspecified atom stereocenters.